The number of nitrogens with zero attached hydrogens (tertiary/aromatic N) is 2. The maximum absolute atomic E-state index is 13.1. The van der Waals surface area contributed by atoms with Crippen LogP contribution in [-0.2, 0) is 11.2 Å². The van der Waals surface area contributed by atoms with E-state index in [9.17, 15) is 4.79 Å². The molecule has 0 amide bonds. The van der Waals surface area contributed by atoms with Crippen LogP contribution in [0, 0.1) is 12.3 Å². The fourth-order valence-electron chi connectivity index (χ4n) is 5.04. The molecule has 2 aromatic heterocycles. The van der Waals surface area contributed by atoms with E-state index in [1.807, 2.05) is 32.9 Å². The van der Waals surface area contributed by atoms with Crippen LogP contribution >= 0.6 is 0 Å². The Morgan fingerprint density at radius 3 is 2.55 bits per heavy atom. The fourth-order valence-corrected chi connectivity index (χ4v) is 5.04. The Kier molecular flexibility index (Phi) is 4.91. The molecule has 5 nitrogen and oxygen atoms in total. The minimum atomic E-state index is -2.10. The van der Waals surface area contributed by atoms with Gasteiger partial charge in [-0.05, 0) is 89.3 Å². The molecule has 0 aromatic carbocycles. The van der Waals surface area contributed by atoms with Crippen molar-refractivity contribution >= 4 is 11.4 Å². The van der Waals surface area contributed by atoms with Gasteiger partial charge < -0.3 is 9.72 Å². The van der Waals surface area contributed by atoms with E-state index in [2.05, 4.69) is 37.7 Å². The van der Waals surface area contributed by atoms with Gasteiger partial charge in [0.15, 0.2) is 5.82 Å². The number of hydrogen-bond acceptors (Lipinski definition) is 4. The molecule has 2 aromatic rings. The molecule has 1 aliphatic heterocycles. The lowest BCUT2D eigenvalue weighted by atomic mass is 9.76. The van der Waals surface area contributed by atoms with Crippen LogP contribution in [-0.4, -0.2) is 31.9 Å². The van der Waals surface area contributed by atoms with Crippen LogP contribution in [0.2, 0.25) is 0 Å². The van der Waals surface area contributed by atoms with Crippen molar-refractivity contribution in [2.75, 3.05) is 0 Å². The van der Waals surface area contributed by atoms with Gasteiger partial charge in [-0.1, -0.05) is 26.0 Å². The first kappa shape index (κ1) is 19.1. The molecule has 1 unspecified atom stereocenters. The molecule has 1 N–H and O–H groups in total. The summed E-state index contributed by atoms with van der Waals surface area (Å²) < 4.78 is 41.7. The van der Waals surface area contributed by atoms with Crippen LogP contribution in [0.3, 0.4) is 0 Å². The minimum Gasteiger partial charge on any atom is -0.370 e. The molecule has 1 fully saturated rings. The molecule has 4 rings (SSSR count). The van der Waals surface area contributed by atoms with Crippen LogP contribution < -0.4 is 0 Å². The average molecular weight is 454 g/mol. The van der Waals surface area contributed by atoms with Crippen molar-refractivity contribution in [3.8, 4) is 0 Å². The van der Waals surface area contributed by atoms with Crippen LogP contribution in [0.25, 0.3) is 5.57 Å². The van der Waals surface area contributed by atoms with Gasteiger partial charge in [0.25, 0.3) is 0 Å². The summed E-state index contributed by atoms with van der Waals surface area (Å²) in [4.78, 5) is 25.2. The topological polar surface area (TPSA) is 67.9 Å². The monoisotopic (exact) mass is 453 g/mol. The van der Waals surface area contributed by atoms with Gasteiger partial charge in [-0.2, -0.15) is 0 Å². The zero-order chi connectivity index (χ0) is 27.6. The van der Waals surface area contributed by atoms with Crippen molar-refractivity contribution in [3.05, 3.63) is 52.9 Å². The molecule has 178 valence electrons. The van der Waals surface area contributed by atoms with E-state index in [1.165, 1.54) is 0 Å². The van der Waals surface area contributed by atoms with Gasteiger partial charge in [-0.3, -0.25) is 9.78 Å². The van der Waals surface area contributed by atoms with E-state index in [-0.39, 0.29) is 53.2 Å². The van der Waals surface area contributed by atoms with Crippen LogP contribution in [0.5, 0.6) is 0 Å². The maximum atomic E-state index is 13.1. The zero-order valence-corrected chi connectivity index (χ0v) is 20.9. The summed E-state index contributed by atoms with van der Waals surface area (Å²) in [6, 6.07) is 3.90. The molecule has 1 saturated heterocycles. The molecule has 0 spiro atoms. The summed E-state index contributed by atoms with van der Waals surface area (Å²) in [6.07, 6.45) is 0.162. The SMILES string of the molecule is [2H]C1=C(c2nc(C3CC(C)(C)OC(C)(C)C3)ccc2CC(=O)c2ncc(C)[nH]2)C([2H])([2H])C([2H])C(C)(C)C1. The summed E-state index contributed by atoms with van der Waals surface area (Å²) >= 11 is 0. The van der Waals surface area contributed by atoms with Gasteiger partial charge in [0.2, 0.25) is 5.78 Å². The van der Waals surface area contributed by atoms with Gasteiger partial charge in [-0.25, -0.2) is 4.98 Å². The first-order valence-corrected chi connectivity index (χ1v) is 11.8. The van der Waals surface area contributed by atoms with Gasteiger partial charge >= 0.3 is 0 Å². The molecular weight excluding hydrogens is 410 g/mol. The molecule has 1 atom stereocenters. The molecule has 0 bridgehead atoms. The Hall–Kier alpha value is -2.27. The number of aryl methyl sites for hydroxylation is 1. The third-order valence-corrected chi connectivity index (χ3v) is 6.33. The number of nitrogens with one attached hydrogen (secondary N) is 1. The highest BCUT2D eigenvalue weighted by molar-refractivity contribution is 5.94. The molecule has 1 aliphatic carbocycles. The Morgan fingerprint density at radius 1 is 1.21 bits per heavy atom. The number of carbonyl (C=O) groups excluding carboxylic acids is 1. The Morgan fingerprint density at radius 2 is 1.91 bits per heavy atom. The lowest BCUT2D eigenvalue weighted by molar-refractivity contribution is -0.162. The average Bonchev–Trinajstić information content (AvgIpc) is 3.17. The molecule has 2 aliphatic rings. The first-order chi connectivity index (χ1) is 16.9. The summed E-state index contributed by atoms with van der Waals surface area (Å²) in [5.74, 6) is 0.0811. The number of hydrogen-bond donors (Lipinski definition) is 1. The Labute approximate surface area is 204 Å². The van der Waals surface area contributed by atoms with E-state index in [4.69, 9.17) is 15.2 Å². The predicted octanol–water partition coefficient (Wildman–Crippen LogP) is 6.58. The molecular formula is C28H39N3O2. The van der Waals surface area contributed by atoms with Crippen molar-refractivity contribution < 1.29 is 15.0 Å². The van der Waals surface area contributed by atoms with E-state index in [0.717, 1.165) is 24.2 Å². The number of rotatable bonds is 5. The highest BCUT2D eigenvalue weighted by Crippen LogP contribution is 2.44. The minimum absolute atomic E-state index is 0.0285. The van der Waals surface area contributed by atoms with Gasteiger partial charge in [0.05, 0.1) is 18.3 Å². The Balaban J connectivity index is 1.85. The lowest BCUT2D eigenvalue weighted by Gasteiger charge is -2.45. The number of aromatic amines is 1. The second-order valence-electron chi connectivity index (χ2n) is 11.5. The van der Waals surface area contributed by atoms with Crippen molar-refractivity contribution in [2.45, 2.75) is 104 Å². The van der Waals surface area contributed by atoms with Gasteiger partial charge in [-0.15, -0.1) is 0 Å². The fraction of sp³-hybridized carbons (Fsp3) is 0.607. The predicted molar refractivity (Wildman–Crippen MR) is 132 cm³/mol. The largest absolute Gasteiger partial charge is 0.370 e. The van der Waals surface area contributed by atoms with Crippen LogP contribution in [0.4, 0.5) is 0 Å². The normalized spacial score (nSPS) is 27.9. The lowest BCUT2D eigenvalue weighted by Crippen LogP contribution is -2.44. The van der Waals surface area contributed by atoms with Crippen LogP contribution in [0.1, 0.15) is 118 Å². The second kappa shape index (κ2) is 8.50. The van der Waals surface area contributed by atoms with E-state index in [0.29, 0.717) is 11.3 Å². The number of allylic oxidation sites excluding steroid dienone is 2. The quantitative estimate of drug-likeness (QED) is 0.519. The van der Waals surface area contributed by atoms with Gasteiger partial charge in [0.1, 0.15) is 0 Å². The number of ether oxygens (including phenoxy) is 1. The number of imidazole rings is 1. The van der Waals surface area contributed by atoms with E-state index in [1.54, 1.807) is 6.20 Å². The molecule has 33 heavy (non-hydrogen) atoms. The summed E-state index contributed by atoms with van der Waals surface area (Å²) in [6.45, 7) is 13.7. The third-order valence-electron chi connectivity index (χ3n) is 6.33. The van der Waals surface area contributed by atoms with Crippen molar-refractivity contribution in [1.29, 1.82) is 0 Å². The van der Waals surface area contributed by atoms with Crippen LogP contribution in [0.15, 0.2) is 24.4 Å². The molecule has 3 heterocycles. The maximum Gasteiger partial charge on any atom is 0.202 e. The number of pyridine rings is 1. The third kappa shape index (κ3) is 5.63. The van der Waals surface area contributed by atoms with Crippen molar-refractivity contribution in [2.24, 2.45) is 5.41 Å². The van der Waals surface area contributed by atoms with E-state index < -0.39 is 18.2 Å². The number of H-pyrrole nitrogens is 1. The first-order valence-electron chi connectivity index (χ1n) is 13.9. The second-order valence-corrected chi connectivity index (χ2v) is 11.5. The highest BCUT2D eigenvalue weighted by Gasteiger charge is 2.40. The number of aromatic nitrogens is 3. The summed E-state index contributed by atoms with van der Waals surface area (Å²) in [5, 5.41) is 0. The zero-order valence-electron chi connectivity index (χ0n) is 24.9. The Bertz CT molecular complexity index is 1230. The van der Waals surface area contributed by atoms with E-state index >= 15 is 0 Å². The number of Topliss-reactive ketones (excluding diaryl/α,β-unsaturated/α-hetero) is 1. The van der Waals surface area contributed by atoms with Crippen molar-refractivity contribution in [1.82, 2.24) is 15.0 Å². The standard InChI is InChI=1S/C28H39N3O2/c1-18-17-29-25(30-18)23(32)14-20-8-9-22(21-15-27(4,5)33-28(6,7)16-21)31-24(20)19-10-12-26(2,3)13-11-19/h8-10,17,21H,11-16H2,1-7H3,(H,29,30)/i10D,11D2,13D. The molecule has 5 heteroatoms. The van der Waals surface area contributed by atoms with Crippen molar-refractivity contribution in [3.63, 3.8) is 0 Å². The number of ketones is 1. The number of carbonyl (C=O) groups is 1. The summed E-state index contributed by atoms with van der Waals surface area (Å²) in [7, 11) is 0. The van der Waals surface area contributed by atoms with Gasteiger partial charge in [0, 0.05) is 34.0 Å². The molecule has 0 saturated carbocycles. The smallest absolute Gasteiger partial charge is 0.202 e. The highest BCUT2D eigenvalue weighted by atomic mass is 16.5. The molecule has 0 radical (unpaired) electrons. The summed E-state index contributed by atoms with van der Waals surface area (Å²) in [5.41, 5.74) is 1.16.